The lowest BCUT2D eigenvalue weighted by Crippen LogP contribution is -2.23. The van der Waals surface area contributed by atoms with Crippen molar-refractivity contribution in [1.29, 1.82) is 0 Å². The summed E-state index contributed by atoms with van der Waals surface area (Å²) in [5, 5.41) is 11.6. The van der Waals surface area contributed by atoms with Gasteiger partial charge in [-0.2, -0.15) is 8.42 Å². The standard InChI is InChI=1S/C6H6O4S.CH6N4/c7-5-1-3-6(4-2-5)11(8,9)10;2-1(3)5-4/h1-4,7H,(H,8,9,10);4H2,(H4,2,3,5). The third kappa shape index (κ3) is 5.67. The molecule has 16 heavy (non-hydrogen) atoms. The van der Waals surface area contributed by atoms with Gasteiger partial charge in [0.1, 0.15) is 5.75 Å². The molecule has 0 unspecified atom stereocenters. The van der Waals surface area contributed by atoms with Gasteiger partial charge in [0.15, 0.2) is 0 Å². The third-order valence-electron chi connectivity index (χ3n) is 1.28. The van der Waals surface area contributed by atoms with Crippen LogP contribution in [-0.4, -0.2) is 24.0 Å². The molecule has 0 radical (unpaired) electrons. The summed E-state index contributed by atoms with van der Waals surface area (Å²) in [6, 6.07) is 4.60. The summed E-state index contributed by atoms with van der Waals surface area (Å²) >= 11 is 0. The maximum absolute atomic E-state index is 10.4. The summed E-state index contributed by atoms with van der Waals surface area (Å²) in [5.74, 6) is 4.37. The van der Waals surface area contributed by atoms with Gasteiger partial charge in [-0.1, -0.05) is 0 Å². The Hall–Kier alpha value is -2.00. The molecule has 0 aliphatic carbocycles. The van der Waals surface area contributed by atoms with Gasteiger partial charge in [-0.05, 0) is 24.3 Å². The van der Waals surface area contributed by atoms with Crippen LogP contribution >= 0.6 is 0 Å². The maximum Gasteiger partial charge on any atom is 0.294 e. The minimum absolute atomic E-state index is 0.0441. The van der Waals surface area contributed by atoms with Crippen LogP contribution < -0.4 is 17.3 Å². The second kappa shape index (κ2) is 5.78. The van der Waals surface area contributed by atoms with E-state index in [0.717, 1.165) is 12.1 Å². The Balaban J connectivity index is 0.000000385. The fraction of sp³-hybridized carbons (Fsp3) is 0. The van der Waals surface area contributed by atoms with Crippen molar-refractivity contribution in [3.8, 4) is 5.75 Å². The lowest BCUT2D eigenvalue weighted by atomic mass is 10.3. The quantitative estimate of drug-likeness (QED) is 0.136. The molecule has 0 atom stereocenters. The number of nitrogens with zero attached hydrogens (tertiary/aromatic N) is 1. The van der Waals surface area contributed by atoms with Gasteiger partial charge in [0.05, 0.1) is 4.90 Å². The molecular formula is C7H12N4O4S. The van der Waals surface area contributed by atoms with Crippen LogP contribution in [0.15, 0.2) is 34.3 Å². The van der Waals surface area contributed by atoms with E-state index in [0.29, 0.717) is 0 Å². The number of hydrogen-bond acceptors (Lipinski definition) is 5. The van der Waals surface area contributed by atoms with Crippen LogP contribution in [0.5, 0.6) is 5.75 Å². The Bertz CT molecular complexity index is 450. The first-order valence-corrected chi connectivity index (χ1v) is 5.26. The second-order valence-electron chi connectivity index (χ2n) is 2.52. The summed E-state index contributed by atoms with van der Waals surface area (Å²) in [5.41, 5.74) is 9.39. The van der Waals surface area contributed by atoms with E-state index in [1.54, 1.807) is 0 Å². The number of aromatic hydroxyl groups is 1. The highest BCUT2D eigenvalue weighted by molar-refractivity contribution is 7.85. The summed E-state index contributed by atoms with van der Waals surface area (Å²) in [6.45, 7) is 0. The highest BCUT2D eigenvalue weighted by Gasteiger charge is 2.07. The van der Waals surface area contributed by atoms with E-state index < -0.39 is 10.1 Å². The molecule has 0 heterocycles. The van der Waals surface area contributed by atoms with Crippen LogP contribution in [0.4, 0.5) is 0 Å². The Kier molecular flexibility index (Phi) is 5.06. The highest BCUT2D eigenvalue weighted by Crippen LogP contribution is 2.13. The molecule has 1 aromatic carbocycles. The number of nitrogens with two attached hydrogens (primary N) is 3. The number of rotatable bonds is 1. The van der Waals surface area contributed by atoms with E-state index in [-0.39, 0.29) is 16.6 Å². The second-order valence-corrected chi connectivity index (χ2v) is 3.94. The summed E-state index contributed by atoms with van der Waals surface area (Å²) < 4.78 is 29.3. The molecule has 8 N–H and O–H groups in total. The first kappa shape index (κ1) is 14.0. The lowest BCUT2D eigenvalue weighted by molar-refractivity contribution is 0.472. The molecule has 1 aromatic rings. The lowest BCUT2D eigenvalue weighted by Gasteiger charge is -1.94. The molecule has 1 rings (SSSR count). The molecule has 0 aliphatic rings. The van der Waals surface area contributed by atoms with Crippen molar-refractivity contribution in [2.24, 2.45) is 22.4 Å². The van der Waals surface area contributed by atoms with Crippen LogP contribution in [0.25, 0.3) is 0 Å². The molecule has 8 nitrogen and oxygen atoms in total. The number of benzene rings is 1. The van der Waals surface area contributed by atoms with E-state index in [2.05, 4.69) is 10.9 Å². The van der Waals surface area contributed by atoms with Crippen molar-refractivity contribution in [3.63, 3.8) is 0 Å². The monoisotopic (exact) mass is 248 g/mol. The Morgan fingerprint density at radius 2 is 1.56 bits per heavy atom. The van der Waals surface area contributed by atoms with Crippen LogP contribution in [0, 0.1) is 0 Å². The van der Waals surface area contributed by atoms with Gasteiger partial charge in [0.25, 0.3) is 10.1 Å². The minimum atomic E-state index is -4.13. The fourth-order valence-electron chi connectivity index (χ4n) is 0.618. The number of hydrogen-bond donors (Lipinski definition) is 5. The molecule has 0 bridgehead atoms. The molecule has 9 heteroatoms. The predicted molar refractivity (Wildman–Crippen MR) is 57.9 cm³/mol. The molecule has 0 spiro atoms. The molecule has 0 aromatic heterocycles. The molecule has 0 saturated carbocycles. The van der Waals surface area contributed by atoms with Gasteiger partial charge < -0.3 is 22.4 Å². The van der Waals surface area contributed by atoms with Crippen LogP contribution in [0.2, 0.25) is 0 Å². The van der Waals surface area contributed by atoms with E-state index in [1.165, 1.54) is 12.1 Å². The van der Waals surface area contributed by atoms with Crippen LogP contribution in [0.1, 0.15) is 0 Å². The van der Waals surface area contributed by atoms with Crippen LogP contribution in [0.3, 0.4) is 0 Å². The molecule has 90 valence electrons. The van der Waals surface area contributed by atoms with Crippen molar-refractivity contribution in [2.75, 3.05) is 0 Å². The summed E-state index contributed by atoms with van der Waals surface area (Å²) in [7, 11) is -4.13. The fourth-order valence-corrected chi connectivity index (χ4v) is 1.10. The zero-order valence-electron chi connectivity index (χ0n) is 8.11. The zero-order valence-corrected chi connectivity index (χ0v) is 8.92. The SMILES string of the molecule is NN=C(N)N.O=S(=O)(O)c1ccc(O)cc1. The van der Waals surface area contributed by atoms with Gasteiger partial charge in [-0.15, -0.1) is 5.10 Å². The van der Waals surface area contributed by atoms with E-state index >= 15 is 0 Å². The average molecular weight is 248 g/mol. The molecule has 0 amide bonds. The smallest absolute Gasteiger partial charge is 0.294 e. The minimum Gasteiger partial charge on any atom is -0.508 e. The van der Waals surface area contributed by atoms with E-state index in [1.807, 2.05) is 0 Å². The van der Waals surface area contributed by atoms with Crippen molar-refractivity contribution in [1.82, 2.24) is 0 Å². The first-order chi connectivity index (χ1) is 7.27. The Morgan fingerprint density at radius 1 is 1.19 bits per heavy atom. The highest BCUT2D eigenvalue weighted by atomic mass is 32.2. The third-order valence-corrected chi connectivity index (χ3v) is 2.15. The van der Waals surface area contributed by atoms with Crippen molar-refractivity contribution >= 4 is 16.1 Å². The number of hydrazone groups is 1. The maximum atomic E-state index is 10.4. The normalized spacial score (nSPS) is 9.81. The van der Waals surface area contributed by atoms with E-state index in [9.17, 15) is 8.42 Å². The molecule has 0 fully saturated rings. The molecule has 0 aliphatic heterocycles. The summed E-state index contributed by atoms with van der Waals surface area (Å²) in [6.07, 6.45) is 0. The molecule has 0 saturated heterocycles. The average Bonchev–Trinajstić information content (AvgIpc) is 2.18. The Morgan fingerprint density at radius 3 is 1.81 bits per heavy atom. The zero-order chi connectivity index (χ0) is 12.8. The predicted octanol–water partition coefficient (Wildman–Crippen LogP) is -1.23. The van der Waals surface area contributed by atoms with Gasteiger partial charge >= 0.3 is 0 Å². The van der Waals surface area contributed by atoms with Crippen molar-refractivity contribution in [3.05, 3.63) is 24.3 Å². The number of phenolic OH excluding ortho intramolecular Hbond substituents is 1. The number of phenols is 1. The first-order valence-electron chi connectivity index (χ1n) is 3.82. The topological polar surface area (TPSA) is 165 Å². The van der Waals surface area contributed by atoms with Crippen molar-refractivity contribution < 1.29 is 18.1 Å². The van der Waals surface area contributed by atoms with Crippen LogP contribution in [-0.2, 0) is 10.1 Å². The van der Waals surface area contributed by atoms with Gasteiger partial charge in [-0.25, -0.2) is 0 Å². The van der Waals surface area contributed by atoms with Gasteiger partial charge in [0.2, 0.25) is 5.96 Å². The van der Waals surface area contributed by atoms with E-state index in [4.69, 9.17) is 21.1 Å². The van der Waals surface area contributed by atoms with Gasteiger partial charge in [-0.3, -0.25) is 4.55 Å². The number of guanidine groups is 1. The molecular weight excluding hydrogens is 236 g/mol. The largest absolute Gasteiger partial charge is 0.508 e. The summed E-state index contributed by atoms with van der Waals surface area (Å²) in [4.78, 5) is -0.227. The van der Waals surface area contributed by atoms with Crippen molar-refractivity contribution in [2.45, 2.75) is 4.90 Å². The van der Waals surface area contributed by atoms with Gasteiger partial charge in [0, 0.05) is 0 Å². The Labute approximate surface area is 92.1 Å².